The molecule has 5 heteroatoms. The molecule has 1 aromatic rings. The van der Waals surface area contributed by atoms with Crippen molar-refractivity contribution in [3.8, 4) is 0 Å². The molecular formula is C11H10O5. The van der Waals surface area contributed by atoms with Gasteiger partial charge in [0.25, 0.3) is 5.78 Å². The number of carbonyl (C=O) groups excluding carboxylic acids is 1. The largest absolute Gasteiger partial charge is 0.481 e. The molecule has 1 aromatic carbocycles. The van der Waals surface area contributed by atoms with Crippen molar-refractivity contribution in [2.45, 2.75) is 6.42 Å². The SMILES string of the molecule is O=C(O)C(=O)C(Cc1ccccc1)C(=O)O. The van der Waals surface area contributed by atoms with Crippen LogP contribution in [0.4, 0.5) is 0 Å². The molecule has 0 aliphatic heterocycles. The quantitative estimate of drug-likeness (QED) is 0.561. The molecule has 0 aromatic heterocycles. The first-order chi connectivity index (χ1) is 7.52. The van der Waals surface area contributed by atoms with Gasteiger partial charge in [0.05, 0.1) is 0 Å². The van der Waals surface area contributed by atoms with Gasteiger partial charge in [-0.05, 0) is 12.0 Å². The summed E-state index contributed by atoms with van der Waals surface area (Å²) in [4.78, 5) is 32.3. The molecule has 0 radical (unpaired) electrons. The number of carbonyl (C=O) groups is 3. The van der Waals surface area contributed by atoms with Gasteiger partial charge >= 0.3 is 11.9 Å². The molecule has 0 aliphatic rings. The number of carboxylic acids is 2. The lowest BCUT2D eigenvalue weighted by Crippen LogP contribution is -2.31. The highest BCUT2D eigenvalue weighted by Gasteiger charge is 2.31. The zero-order valence-corrected chi connectivity index (χ0v) is 8.29. The van der Waals surface area contributed by atoms with E-state index in [1.165, 1.54) is 0 Å². The van der Waals surface area contributed by atoms with Gasteiger partial charge in [0, 0.05) is 0 Å². The van der Waals surface area contributed by atoms with Crippen LogP contribution in [0.25, 0.3) is 0 Å². The highest BCUT2D eigenvalue weighted by Crippen LogP contribution is 2.10. The zero-order valence-electron chi connectivity index (χ0n) is 8.29. The van der Waals surface area contributed by atoms with Gasteiger partial charge in [-0.1, -0.05) is 30.3 Å². The van der Waals surface area contributed by atoms with Crippen molar-refractivity contribution in [1.29, 1.82) is 0 Å². The Balaban J connectivity index is 2.85. The predicted octanol–water partition coefficient (Wildman–Crippen LogP) is 0.584. The lowest BCUT2D eigenvalue weighted by molar-refractivity contribution is -0.157. The number of carboxylic acid groups (broad SMARTS) is 2. The van der Waals surface area contributed by atoms with E-state index in [1.54, 1.807) is 30.3 Å². The highest BCUT2D eigenvalue weighted by atomic mass is 16.4. The molecule has 1 rings (SSSR count). The van der Waals surface area contributed by atoms with Crippen LogP contribution in [0.3, 0.4) is 0 Å². The van der Waals surface area contributed by atoms with Gasteiger partial charge in [-0.25, -0.2) is 4.79 Å². The summed E-state index contributed by atoms with van der Waals surface area (Å²) >= 11 is 0. The van der Waals surface area contributed by atoms with Gasteiger partial charge in [-0.2, -0.15) is 0 Å². The molecular weight excluding hydrogens is 212 g/mol. The number of aliphatic carboxylic acids is 2. The summed E-state index contributed by atoms with van der Waals surface area (Å²) in [5.41, 5.74) is 0.615. The standard InChI is InChI=1S/C11H10O5/c12-9(11(15)16)8(10(13)14)6-7-4-2-1-3-5-7/h1-5,8H,6H2,(H,13,14)(H,15,16). The van der Waals surface area contributed by atoms with Crippen LogP contribution in [-0.2, 0) is 20.8 Å². The second-order valence-electron chi connectivity index (χ2n) is 3.25. The molecule has 0 heterocycles. The third-order valence-corrected chi connectivity index (χ3v) is 2.11. The molecule has 0 spiro atoms. The van der Waals surface area contributed by atoms with Crippen molar-refractivity contribution in [3.63, 3.8) is 0 Å². The first kappa shape index (κ1) is 11.9. The number of benzene rings is 1. The lowest BCUT2D eigenvalue weighted by Gasteiger charge is -2.08. The first-order valence-electron chi connectivity index (χ1n) is 4.56. The average molecular weight is 222 g/mol. The average Bonchev–Trinajstić information content (AvgIpc) is 2.26. The van der Waals surface area contributed by atoms with E-state index < -0.39 is 23.6 Å². The molecule has 16 heavy (non-hydrogen) atoms. The molecule has 5 nitrogen and oxygen atoms in total. The summed E-state index contributed by atoms with van der Waals surface area (Å²) in [5.74, 6) is -5.96. The van der Waals surface area contributed by atoms with Crippen molar-refractivity contribution in [3.05, 3.63) is 35.9 Å². The van der Waals surface area contributed by atoms with Crippen molar-refractivity contribution in [1.82, 2.24) is 0 Å². The molecule has 0 saturated carbocycles. The number of Topliss-reactive ketones (excluding diaryl/α,β-unsaturated/α-hetero) is 1. The molecule has 0 bridgehead atoms. The predicted molar refractivity (Wildman–Crippen MR) is 53.9 cm³/mol. The molecule has 0 saturated heterocycles. The Kier molecular flexibility index (Phi) is 3.77. The molecule has 84 valence electrons. The number of ketones is 1. The summed E-state index contributed by atoms with van der Waals surface area (Å²) in [6.07, 6.45) is -0.110. The van der Waals surface area contributed by atoms with E-state index in [0.717, 1.165) is 0 Å². The highest BCUT2D eigenvalue weighted by molar-refractivity contribution is 6.37. The minimum Gasteiger partial charge on any atom is -0.481 e. The second kappa shape index (κ2) is 5.06. The van der Waals surface area contributed by atoms with Crippen LogP contribution in [0.2, 0.25) is 0 Å². The Morgan fingerprint density at radius 3 is 2.06 bits per heavy atom. The van der Waals surface area contributed by atoms with Crippen molar-refractivity contribution < 1.29 is 24.6 Å². The molecule has 0 amide bonds. The van der Waals surface area contributed by atoms with Gasteiger partial charge in [-0.3, -0.25) is 9.59 Å². The Bertz CT molecular complexity index is 410. The van der Waals surface area contributed by atoms with E-state index in [1.807, 2.05) is 0 Å². The molecule has 1 atom stereocenters. The van der Waals surface area contributed by atoms with E-state index in [2.05, 4.69) is 0 Å². The smallest absolute Gasteiger partial charge is 0.373 e. The fourth-order valence-electron chi connectivity index (χ4n) is 1.29. The Morgan fingerprint density at radius 1 is 1.06 bits per heavy atom. The van der Waals surface area contributed by atoms with Crippen molar-refractivity contribution >= 4 is 17.7 Å². The topological polar surface area (TPSA) is 91.7 Å². The monoisotopic (exact) mass is 222 g/mol. The van der Waals surface area contributed by atoms with Crippen molar-refractivity contribution in [2.24, 2.45) is 5.92 Å². The summed E-state index contributed by atoms with van der Waals surface area (Å²) < 4.78 is 0. The Labute approximate surface area is 91.3 Å². The van der Waals surface area contributed by atoms with E-state index >= 15 is 0 Å². The molecule has 0 aliphatic carbocycles. The van der Waals surface area contributed by atoms with E-state index in [4.69, 9.17) is 10.2 Å². The maximum absolute atomic E-state index is 11.1. The van der Waals surface area contributed by atoms with Crippen LogP contribution in [0.1, 0.15) is 5.56 Å². The number of hydrogen-bond donors (Lipinski definition) is 2. The normalized spacial score (nSPS) is 11.8. The molecule has 2 N–H and O–H groups in total. The van der Waals surface area contributed by atoms with Crippen LogP contribution in [-0.4, -0.2) is 27.9 Å². The summed E-state index contributed by atoms with van der Waals surface area (Å²) in [5, 5.41) is 17.2. The number of hydrogen-bond acceptors (Lipinski definition) is 3. The van der Waals surface area contributed by atoms with E-state index in [9.17, 15) is 14.4 Å². The Morgan fingerprint density at radius 2 is 1.62 bits per heavy atom. The molecule has 0 fully saturated rings. The Hall–Kier alpha value is -2.17. The zero-order chi connectivity index (χ0) is 12.1. The third-order valence-electron chi connectivity index (χ3n) is 2.11. The summed E-state index contributed by atoms with van der Waals surface area (Å²) in [6.45, 7) is 0. The van der Waals surface area contributed by atoms with Gasteiger partial charge in [-0.15, -0.1) is 0 Å². The van der Waals surface area contributed by atoms with E-state index in [0.29, 0.717) is 5.56 Å². The van der Waals surface area contributed by atoms with Gasteiger partial charge in [0.2, 0.25) is 0 Å². The third kappa shape index (κ3) is 2.91. The van der Waals surface area contributed by atoms with Gasteiger partial charge in [0.1, 0.15) is 5.92 Å². The maximum atomic E-state index is 11.1. The van der Waals surface area contributed by atoms with Crippen molar-refractivity contribution in [2.75, 3.05) is 0 Å². The minimum absolute atomic E-state index is 0.110. The van der Waals surface area contributed by atoms with Crippen LogP contribution >= 0.6 is 0 Å². The van der Waals surface area contributed by atoms with Crippen LogP contribution in [0, 0.1) is 5.92 Å². The summed E-state index contributed by atoms with van der Waals surface area (Å²) in [7, 11) is 0. The van der Waals surface area contributed by atoms with E-state index in [-0.39, 0.29) is 6.42 Å². The fraction of sp³-hybridized carbons (Fsp3) is 0.182. The maximum Gasteiger partial charge on any atom is 0.373 e. The summed E-state index contributed by atoms with van der Waals surface area (Å²) in [6, 6.07) is 8.42. The van der Waals surface area contributed by atoms with Gasteiger partial charge in [0.15, 0.2) is 0 Å². The van der Waals surface area contributed by atoms with Crippen LogP contribution in [0.15, 0.2) is 30.3 Å². The van der Waals surface area contributed by atoms with Gasteiger partial charge < -0.3 is 10.2 Å². The number of rotatable bonds is 5. The fourth-order valence-corrected chi connectivity index (χ4v) is 1.29. The first-order valence-corrected chi connectivity index (χ1v) is 4.56. The molecule has 1 unspecified atom stereocenters. The minimum atomic E-state index is -1.72. The lowest BCUT2D eigenvalue weighted by atomic mass is 9.95. The van der Waals surface area contributed by atoms with Crippen LogP contribution in [0.5, 0.6) is 0 Å². The van der Waals surface area contributed by atoms with Crippen LogP contribution < -0.4 is 0 Å². The second-order valence-corrected chi connectivity index (χ2v) is 3.25.